The number of fused-ring (bicyclic) bond motifs is 1. The Kier molecular flexibility index (Phi) is 3.23. The molecule has 2 heterocycles. The molecule has 0 N–H and O–H groups in total. The molecule has 0 aliphatic carbocycles. The van der Waals surface area contributed by atoms with E-state index in [4.69, 9.17) is 4.74 Å². The van der Waals surface area contributed by atoms with Gasteiger partial charge in [-0.25, -0.2) is 4.68 Å². The highest BCUT2D eigenvalue weighted by atomic mass is 16.5. The second-order valence-electron chi connectivity index (χ2n) is 5.66. The van der Waals surface area contributed by atoms with Crippen molar-refractivity contribution < 1.29 is 9.53 Å². The summed E-state index contributed by atoms with van der Waals surface area (Å²) in [6, 6.07) is 19.6. The maximum Gasteiger partial charge on any atom is 0.228 e. The zero-order valence-corrected chi connectivity index (χ0v) is 12.8. The van der Waals surface area contributed by atoms with Gasteiger partial charge in [-0.15, -0.1) is 0 Å². The first-order valence-corrected chi connectivity index (χ1v) is 7.64. The minimum atomic E-state index is -0.269. The lowest BCUT2D eigenvalue weighted by Crippen LogP contribution is -2.21. The molecule has 1 aliphatic rings. The predicted molar refractivity (Wildman–Crippen MR) is 87.1 cm³/mol. The van der Waals surface area contributed by atoms with Crippen molar-refractivity contribution in [2.75, 3.05) is 0 Å². The van der Waals surface area contributed by atoms with Crippen LogP contribution in [0.2, 0.25) is 0 Å². The molecule has 0 fully saturated rings. The molecule has 1 unspecified atom stereocenters. The van der Waals surface area contributed by atoms with E-state index in [1.165, 1.54) is 0 Å². The number of para-hydroxylation sites is 1. The molecule has 4 rings (SSSR count). The Morgan fingerprint density at radius 2 is 1.70 bits per heavy atom. The van der Waals surface area contributed by atoms with Crippen molar-refractivity contribution in [1.82, 2.24) is 9.78 Å². The zero-order chi connectivity index (χ0) is 15.8. The van der Waals surface area contributed by atoms with E-state index in [0.717, 1.165) is 11.3 Å². The number of rotatable bonds is 2. The number of carbonyl (C=O) groups excluding carboxylic acids is 1. The van der Waals surface area contributed by atoms with Crippen molar-refractivity contribution in [2.45, 2.75) is 19.4 Å². The van der Waals surface area contributed by atoms with Crippen molar-refractivity contribution in [1.29, 1.82) is 0 Å². The van der Waals surface area contributed by atoms with Gasteiger partial charge in [0.15, 0.2) is 5.78 Å². The van der Waals surface area contributed by atoms with Crippen molar-refractivity contribution in [3.8, 4) is 11.6 Å². The average molecular weight is 304 g/mol. The van der Waals surface area contributed by atoms with Crippen LogP contribution in [0.3, 0.4) is 0 Å². The van der Waals surface area contributed by atoms with Gasteiger partial charge in [0, 0.05) is 0 Å². The van der Waals surface area contributed by atoms with Crippen LogP contribution in [0.15, 0.2) is 60.7 Å². The maximum absolute atomic E-state index is 12.6. The summed E-state index contributed by atoms with van der Waals surface area (Å²) in [5, 5.41) is 4.51. The molecule has 1 aromatic heterocycles. The molecule has 0 amide bonds. The average Bonchev–Trinajstić information content (AvgIpc) is 2.94. The summed E-state index contributed by atoms with van der Waals surface area (Å²) >= 11 is 0. The van der Waals surface area contributed by atoms with Gasteiger partial charge in [-0.05, 0) is 24.6 Å². The van der Waals surface area contributed by atoms with E-state index in [1.807, 2.05) is 67.6 Å². The van der Waals surface area contributed by atoms with E-state index in [-0.39, 0.29) is 11.9 Å². The SMILES string of the molecule is Cc1nn(-c2ccccc2)c2c1C(=O)CC(c1ccccc1)O2. The molecule has 23 heavy (non-hydrogen) atoms. The van der Waals surface area contributed by atoms with Gasteiger partial charge >= 0.3 is 0 Å². The third kappa shape index (κ3) is 2.32. The summed E-state index contributed by atoms with van der Waals surface area (Å²) < 4.78 is 7.89. The van der Waals surface area contributed by atoms with Crippen LogP contribution in [0.4, 0.5) is 0 Å². The molecular formula is C19H16N2O2. The van der Waals surface area contributed by atoms with Gasteiger partial charge in [0.2, 0.25) is 5.88 Å². The third-order valence-corrected chi connectivity index (χ3v) is 4.09. The number of Topliss-reactive ketones (excluding diaryl/α,β-unsaturated/α-hetero) is 1. The number of ketones is 1. The maximum atomic E-state index is 12.6. The highest BCUT2D eigenvalue weighted by molar-refractivity contribution is 6.00. The second-order valence-corrected chi connectivity index (χ2v) is 5.66. The summed E-state index contributed by atoms with van der Waals surface area (Å²) in [5.41, 5.74) is 3.20. The monoisotopic (exact) mass is 304 g/mol. The van der Waals surface area contributed by atoms with Gasteiger partial charge in [-0.1, -0.05) is 48.5 Å². The Morgan fingerprint density at radius 3 is 2.39 bits per heavy atom. The standard InChI is InChI=1S/C19H16N2O2/c1-13-18-16(22)12-17(14-8-4-2-5-9-14)23-19(18)21(20-13)15-10-6-3-7-11-15/h2-11,17H,12H2,1H3. The topological polar surface area (TPSA) is 44.1 Å². The fraction of sp³-hybridized carbons (Fsp3) is 0.158. The van der Waals surface area contributed by atoms with Gasteiger partial charge in [0.25, 0.3) is 0 Å². The number of aromatic nitrogens is 2. The Balaban J connectivity index is 1.81. The van der Waals surface area contributed by atoms with Gasteiger partial charge in [0.1, 0.15) is 11.7 Å². The summed E-state index contributed by atoms with van der Waals surface area (Å²) in [6.45, 7) is 1.85. The van der Waals surface area contributed by atoms with Crippen LogP contribution in [0.5, 0.6) is 5.88 Å². The van der Waals surface area contributed by atoms with Crippen LogP contribution in [0.1, 0.15) is 34.1 Å². The molecule has 4 nitrogen and oxygen atoms in total. The minimum Gasteiger partial charge on any atom is -0.468 e. The van der Waals surface area contributed by atoms with Gasteiger partial charge in [-0.2, -0.15) is 5.10 Å². The highest BCUT2D eigenvalue weighted by Gasteiger charge is 2.33. The van der Waals surface area contributed by atoms with Crippen LogP contribution >= 0.6 is 0 Å². The fourth-order valence-electron chi connectivity index (χ4n) is 2.98. The molecule has 0 spiro atoms. The Morgan fingerprint density at radius 1 is 1.04 bits per heavy atom. The van der Waals surface area contributed by atoms with Crippen LogP contribution in [-0.4, -0.2) is 15.6 Å². The molecule has 4 heteroatoms. The van der Waals surface area contributed by atoms with Crippen molar-refractivity contribution >= 4 is 5.78 Å². The molecule has 0 radical (unpaired) electrons. The van der Waals surface area contributed by atoms with Gasteiger partial charge in [-0.3, -0.25) is 4.79 Å². The van der Waals surface area contributed by atoms with Crippen molar-refractivity contribution in [3.63, 3.8) is 0 Å². The van der Waals surface area contributed by atoms with Crippen LogP contribution in [0.25, 0.3) is 5.69 Å². The number of hydrogen-bond acceptors (Lipinski definition) is 3. The molecule has 114 valence electrons. The van der Waals surface area contributed by atoms with E-state index in [2.05, 4.69) is 5.10 Å². The smallest absolute Gasteiger partial charge is 0.228 e. The van der Waals surface area contributed by atoms with Crippen LogP contribution in [-0.2, 0) is 0 Å². The molecule has 0 saturated carbocycles. The van der Waals surface area contributed by atoms with Crippen LogP contribution in [0, 0.1) is 6.92 Å². The Hall–Kier alpha value is -2.88. The van der Waals surface area contributed by atoms with Crippen LogP contribution < -0.4 is 4.74 Å². The molecular weight excluding hydrogens is 288 g/mol. The number of nitrogens with zero attached hydrogens (tertiary/aromatic N) is 2. The summed E-state index contributed by atoms with van der Waals surface area (Å²) in [5.74, 6) is 0.624. The number of carbonyl (C=O) groups is 1. The first-order chi connectivity index (χ1) is 11.2. The number of ether oxygens (including phenoxy) is 1. The first-order valence-electron chi connectivity index (χ1n) is 7.64. The van der Waals surface area contributed by atoms with E-state index in [9.17, 15) is 4.79 Å². The molecule has 0 saturated heterocycles. The molecule has 3 aromatic rings. The van der Waals surface area contributed by atoms with E-state index in [0.29, 0.717) is 23.6 Å². The summed E-state index contributed by atoms with van der Waals surface area (Å²) in [4.78, 5) is 12.6. The Labute approximate surface area is 134 Å². The highest BCUT2D eigenvalue weighted by Crippen LogP contribution is 2.37. The second kappa shape index (κ2) is 5.39. The normalized spacial score (nSPS) is 16.7. The van der Waals surface area contributed by atoms with Crippen molar-refractivity contribution in [2.24, 2.45) is 0 Å². The van der Waals surface area contributed by atoms with E-state index in [1.54, 1.807) is 4.68 Å². The zero-order valence-electron chi connectivity index (χ0n) is 12.8. The first kappa shape index (κ1) is 13.8. The lowest BCUT2D eigenvalue weighted by molar-refractivity contribution is 0.0837. The largest absolute Gasteiger partial charge is 0.468 e. The van der Waals surface area contributed by atoms with E-state index >= 15 is 0 Å². The van der Waals surface area contributed by atoms with E-state index < -0.39 is 0 Å². The third-order valence-electron chi connectivity index (χ3n) is 4.09. The minimum absolute atomic E-state index is 0.0831. The molecule has 1 atom stereocenters. The Bertz CT molecular complexity index is 854. The van der Waals surface area contributed by atoms with Gasteiger partial charge < -0.3 is 4.74 Å². The fourth-order valence-corrected chi connectivity index (χ4v) is 2.98. The van der Waals surface area contributed by atoms with Gasteiger partial charge in [0.05, 0.1) is 17.8 Å². The molecule has 2 aromatic carbocycles. The number of hydrogen-bond donors (Lipinski definition) is 0. The summed E-state index contributed by atoms with van der Waals surface area (Å²) in [7, 11) is 0. The lowest BCUT2D eigenvalue weighted by Gasteiger charge is -2.24. The van der Waals surface area contributed by atoms with Crippen molar-refractivity contribution in [3.05, 3.63) is 77.5 Å². The number of aryl methyl sites for hydroxylation is 1. The molecule has 0 bridgehead atoms. The summed E-state index contributed by atoms with van der Waals surface area (Å²) in [6.07, 6.45) is 0.0768. The lowest BCUT2D eigenvalue weighted by atomic mass is 9.97. The quantitative estimate of drug-likeness (QED) is 0.721. The predicted octanol–water partition coefficient (Wildman–Crippen LogP) is 3.89. The number of benzene rings is 2. The molecule has 1 aliphatic heterocycles.